The number of aliphatic hydroxyl groups is 1. The molecular formula is C19H38N4O. The van der Waals surface area contributed by atoms with Crippen LogP contribution in [0.25, 0.3) is 0 Å². The molecule has 140 valence electrons. The number of rotatable bonds is 9. The van der Waals surface area contributed by atoms with Crippen molar-refractivity contribution in [1.29, 1.82) is 0 Å². The van der Waals surface area contributed by atoms with E-state index in [2.05, 4.69) is 36.6 Å². The van der Waals surface area contributed by atoms with Crippen molar-refractivity contribution in [3.63, 3.8) is 0 Å². The quantitative estimate of drug-likeness (QED) is 0.446. The van der Waals surface area contributed by atoms with Crippen molar-refractivity contribution in [2.45, 2.75) is 64.3 Å². The highest BCUT2D eigenvalue weighted by atomic mass is 16.3. The molecule has 0 aromatic carbocycles. The summed E-state index contributed by atoms with van der Waals surface area (Å²) < 4.78 is 0. The van der Waals surface area contributed by atoms with E-state index in [-0.39, 0.29) is 12.0 Å². The van der Waals surface area contributed by atoms with Crippen molar-refractivity contribution in [3.05, 3.63) is 0 Å². The van der Waals surface area contributed by atoms with Crippen LogP contribution < -0.4 is 10.6 Å². The summed E-state index contributed by atoms with van der Waals surface area (Å²) in [6.45, 7) is 5.07. The van der Waals surface area contributed by atoms with E-state index in [9.17, 15) is 5.11 Å². The topological polar surface area (TPSA) is 59.9 Å². The Morgan fingerprint density at radius 1 is 1.21 bits per heavy atom. The lowest BCUT2D eigenvalue weighted by Crippen LogP contribution is -2.46. The lowest BCUT2D eigenvalue weighted by molar-refractivity contribution is 0.137. The maximum absolute atomic E-state index is 9.47. The highest BCUT2D eigenvalue weighted by Gasteiger charge is 2.33. The van der Waals surface area contributed by atoms with Crippen LogP contribution in [0.1, 0.15) is 58.3 Å². The lowest BCUT2D eigenvalue weighted by atomic mass is 9.72. The van der Waals surface area contributed by atoms with Gasteiger partial charge in [-0.2, -0.15) is 0 Å². The first-order chi connectivity index (χ1) is 11.6. The maximum atomic E-state index is 9.47. The van der Waals surface area contributed by atoms with Gasteiger partial charge in [-0.3, -0.25) is 4.99 Å². The van der Waals surface area contributed by atoms with Crippen molar-refractivity contribution in [2.24, 2.45) is 16.3 Å². The Kier molecular flexibility index (Phi) is 7.82. The molecule has 0 amide bonds. The van der Waals surface area contributed by atoms with E-state index in [4.69, 9.17) is 4.99 Å². The number of nitrogens with zero attached hydrogens (tertiary/aromatic N) is 2. The smallest absolute Gasteiger partial charge is 0.191 e. The Bertz CT molecular complexity index is 379. The van der Waals surface area contributed by atoms with Gasteiger partial charge in [0.25, 0.3) is 0 Å². The van der Waals surface area contributed by atoms with Crippen molar-refractivity contribution in [1.82, 2.24) is 15.5 Å². The molecule has 2 aliphatic rings. The van der Waals surface area contributed by atoms with Crippen LogP contribution >= 0.6 is 0 Å². The third kappa shape index (κ3) is 5.92. The molecule has 2 aliphatic carbocycles. The van der Waals surface area contributed by atoms with Crippen molar-refractivity contribution < 1.29 is 5.11 Å². The highest BCUT2D eigenvalue weighted by Crippen LogP contribution is 2.39. The van der Waals surface area contributed by atoms with Crippen LogP contribution in [0.5, 0.6) is 0 Å². The summed E-state index contributed by atoms with van der Waals surface area (Å²) in [5.41, 5.74) is 0.215. The zero-order chi connectivity index (χ0) is 17.4. The zero-order valence-electron chi connectivity index (χ0n) is 16.0. The minimum Gasteiger partial charge on any atom is -0.396 e. The summed E-state index contributed by atoms with van der Waals surface area (Å²) in [5.74, 6) is 1.78. The molecule has 0 aliphatic heterocycles. The molecule has 0 aromatic heterocycles. The Labute approximate surface area is 148 Å². The summed E-state index contributed by atoms with van der Waals surface area (Å²) in [7, 11) is 4.35. The van der Waals surface area contributed by atoms with E-state index in [1.165, 1.54) is 44.9 Å². The van der Waals surface area contributed by atoms with Crippen molar-refractivity contribution in [3.8, 4) is 0 Å². The summed E-state index contributed by atoms with van der Waals surface area (Å²) in [4.78, 5) is 7.24. The molecule has 0 radical (unpaired) electrons. The van der Waals surface area contributed by atoms with Gasteiger partial charge in [0.1, 0.15) is 0 Å². The average Bonchev–Trinajstić information content (AvgIpc) is 3.38. The Hall–Kier alpha value is -0.810. The molecular weight excluding hydrogens is 300 g/mol. The first-order valence-electron chi connectivity index (χ1n) is 9.90. The van der Waals surface area contributed by atoms with Crippen LogP contribution in [0.4, 0.5) is 0 Å². The Balaban J connectivity index is 1.93. The first kappa shape index (κ1) is 19.5. The van der Waals surface area contributed by atoms with Crippen LogP contribution in [0.3, 0.4) is 0 Å². The second kappa shape index (κ2) is 9.62. The van der Waals surface area contributed by atoms with Gasteiger partial charge < -0.3 is 20.6 Å². The number of hydrogen-bond donors (Lipinski definition) is 3. The van der Waals surface area contributed by atoms with E-state index in [0.717, 1.165) is 37.9 Å². The number of nitrogens with one attached hydrogen (secondary N) is 2. The van der Waals surface area contributed by atoms with Crippen LogP contribution in [0.2, 0.25) is 0 Å². The number of hydrogen-bond acceptors (Lipinski definition) is 3. The third-order valence-corrected chi connectivity index (χ3v) is 5.78. The van der Waals surface area contributed by atoms with Crippen LogP contribution in [0.15, 0.2) is 4.99 Å². The van der Waals surface area contributed by atoms with Crippen molar-refractivity contribution >= 4 is 5.96 Å². The predicted octanol–water partition coefficient (Wildman–Crippen LogP) is 2.21. The van der Waals surface area contributed by atoms with Crippen molar-refractivity contribution in [2.75, 3.05) is 40.3 Å². The minimum absolute atomic E-state index is 0.215. The molecule has 0 aromatic rings. The van der Waals surface area contributed by atoms with E-state index < -0.39 is 0 Å². The van der Waals surface area contributed by atoms with Gasteiger partial charge in [-0.25, -0.2) is 0 Å². The fraction of sp³-hybridized carbons (Fsp3) is 0.947. The SMILES string of the molecule is CCNC(=NCC1(CCO)CCCCC1)NCC(C1CC1)N(C)C. The second-order valence-corrected chi connectivity index (χ2v) is 7.98. The van der Waals surface area contributed by atoms with E-state index in [1.54, 1.807) is 0 Å². The van der Waals surface area contributed by atoms with Gasteiger partial charge in [-0.05, 0) is 64.5 Å². The van der Waals surface area contributed by atoms with Gasteiger partial charge in [0.2, 0.25) is 0 Å². The molecule has 1 unspecified atom stereocenters. The normalized spacial score (nSPS) is 22.5. The van der Waals surface area contributed by atoms with Gasteiger partial charge in [0.05, 0.1) is 0 Å². The van der Waals surface area contributed by atoms with Gasteiger partial charge in [0, 0.05) is 32.3 Å². The summed E-state index contributed by atoms with van der Waals surface area (Å²) >= 11 is 0. The van der Waals surface area contributed by atoms with Gasteiger partial charge in [0.15, 0.2) is 5.96 Å². The number of likely N-dealkylation sites (N-methyl/N-ethyl adjacent to an activating group) is 1. The molecule has 0 bridgehead atoms. The molecule has 0 heterocycles. The molecule has 5 nitrogen and oxygen atoms in total. The van der Waals surface area contributed by atoms with Crippen LogP contribution in [-0.4, -0.2) is 62.3 Å². The van der Waals surface area contributed by atoms with Gasteiger partial charge >= 0.3 is 0 Å². The number of aliphatic hydroxyl groups excluding tert-OH is 1. The van der Waals surface area contributed by atoms with Crippen LogP contribution in [-0.2, 0) is 0 Å². The molecule has 2 fully saturated rings. The largest absolute Gasteiger partial charge is 0.396 e. The summed E-state index contributed by atoms with van der Waals surface area (Å²) in [5, 5.41) is 16.4. The molecule has 5 heteroatoms. The summed E-state index contributed by atoms with van der Waals surface area (Å²) in [6.07, 6.45) is 9.92. The maximum Gasteiger partial charge on any atom is 0.191 e. The first-order valence-corrected chi connectivity index (χ1v) is 9.90. The molecule has 0 spiro atoms. The predicted molar refractivity (Wildman–Crippen MR) is 101 cm³/mol. The fourth-order valence-corrected chi connectivity index (χ4v) is 4.07. The summed E-state index contributed by atoms with van der Waals surface area (Å²) in [6, 6.07) is 0.593. The van der Waals surface area contributed by atoms with E-state index in [1.807, 2.05) is 0 Å². The Morgan fingerprint density at radius 2 is 1.92 bits per heavy atom. The standard InChI is InChI=1S/C19H38N4O/c1-4-20-18(21-14-17(23(2)3)16-8-9-16)22-15-19(12-13-24)10-6-5-7-11-19/h16-17,24H,4-15H2,1-3H3,(H2,20,21,22). The third-order valence-electron chi connectivity index (χ3n) is 5.78. The van der Waals surface area contributed by atoms with E-state index >= 15 is 0 Å². The molecule has 3 N–H and O–H groups in total. The molecule has 2 saturated carbocycles. The minimum atomic E-state index is 0.215. The van der Waals surface area contributed by atoms with Crippen LogP contribution in [0, 0.1) is 11.3 Å². The average molecular weight is 339 g/mol. The molecule has 24 heavy (non-hydrogen) atoms. The van der Waals surface area contributed by atoms with Gasteiger partial charge in [-0.15, -0.1) is 0 Å². The fourth-order valence-electron chi connectivity index (χ4n) is 4.07. The molecule has 0 saturated heterocycles. The highest BCUT2D eigenvalue weighted by molar-refractivity contribution is 5.79. The van der Waals surface area contributed by atoms with E-state index in [0.29, 0.717) is 6.04 Å². The monoisotopic (exact) mass is 338 g/mol. The van der Waals surface area contributed by atoms with Gasteiger partial charge in [-0.1, -0.05) is 19.3 Å². The zero-order valence-corrected chi connectivity index (χ0v) is 16.0. The second-order valence-electron chi connectivity index (χ2n) is 7.98. The number of aliphatic imine (C=N–C) groups is 1. The molecule has 1 atom stereocenters. The lowest BCUT2D eigenvalue weighted by Gasteiger charge is -2.36. The number of guanidine groups is 1. The molecule has 2 rings (SSSR count). The Morgan fingerprint density at radius 3 is 2.46 bits per heavy atom.